The molecule has 1 atom stereocenters. The van der Waals surface area contributed by atoms with Gasteiger partial charge in [0.1, 0.15) is 6.04 Å². The van der Waals surface area contributed by atoms with Crippen LogP contribution in [0.5, 0.6) is 0 Å². The minimum absolute atomic E-state index is 0.327. The fraction of sp³-hybridized carbons (Fsp3) is 0.294. The summed E-state index contributed by atoms with van der Waals surface area (Å²) in [5.41, 5.74) is 1.55. The van der Waals surface area contributed by atoms with Gasteiger partial charge in [0.15, 0.2) is 0 Å². The minimum Gasteiger partial charge on any atom is -0.465 e. The fourth-order valence-corrected chi connectivity index (χ4v) is 2.44. The molecule has 2 rings (SSSR count). The highest BCUT2D eigenvalue weighted by Crippen LogP contribution is 2.15. The van der Waals surface area contributed by atoms with Gasteiger partial charge in [0, 0.05) is 17.1 Å². The molecule has 1 aromatic carbocycles. The van der Waals surface area contributed by atoms with Crippen LogP contribution in [0.25, 0.3) is 0 Å². The first-order chi connectivity index (χ1) is 11.3. The molecule has 0 saturated carbocycles. The molecule has 1 aromatic heterocycles. The van der Waals surface area contributed by atoms with Crippen LogP contribution in [-0.2, 0) is 9.53 Å². The number of nitrogens with zero attached hydrogens (tertiary/aromatic N) is 2. The number of ether oxygens (including phenoxy) is 1. The maximum absolute atomic E-state index is 12.4. The van der Waals surface area contributed by atoms with Gasteiger partial charge in [0.25, 0.3) is 0 Å². The van der Waals surface area contributed by atoms with Crippen LogP contribution in [0.2, 0.25) is 0 Å². The molecule has 0 spiro atoms. The number of amides is 1. The molecule has 24 heavy (non-hydrogen) atoms. The summed E-state index contributed by atoms with van der Waals surface area (Å²) < 4.78 is 5.98. The van der Waals surface area contributed by atoms with Crippen molar-refractivity contribution in [2.75, 3.05) is 12.4 Å². The number of methoxy groups -OCH3 is 1. The molecule has 0 radical (unpaired) electrons. The molecule has 126 valence electrons. The Bertz CT molecular complexity index is 842. The Hall–Kier alpha value is -2.96. The quantitative estimate of drug-likeness (QED) is 0.865. The zero-order valence-electron chi connectivity index (χ0n) is 14.0. The predicted molar refractivity (Wildman–Crippen MR) is 89.1 cm³/mol. The molecule has 0 bridgehead atoms. The van der Waals surface area contributed by atoms with Crippen LogP contribution in [0, 0.1) is 13.8 Å². The molecule has 0 fully saturated rings. The predicted octanol–water partition coefficient (Wildman–Crippen LogP) is 1.85. The van der Waals surface area contributed by atoms with Crippen molar-refractivity contribution >= 4 is 17.6 Å². The standard InChI is InChI=1S/C17H19N3O4/c1-10-8-11(2)20(17(23)18-10)12(3)15(21)19-14-7-5-6-13(9-14)16(22)24-4/h5-9,12H,1-4H3,(H,19,21). The van der Waals surface area contributed by atoms with Crippen molar-refractivity contribution in [2.45, 2.75) is 26.8 Å². The number of esters is 1. The summed E-state index contributed by atoms with van der Waals surface area (Å²) in [6.07, 6.45) is 0. The highest BCUT2D eigenvalue weighted by atomic mass is 16.5. The van der Waals surface area contributed by atoms with Gasteiger partial charge in [0.05, 0.1) is 12.7 Å². The summed E-state index contributed by atoms with van der Waals surface area (Å²) in [6.45, 7) is 5.09. The Labute approximate surface area is 139 Å². The molecule has 7 heteroatoms. The summed E-state index contributed by atoms with van der Waals surface area (Å²) in [4.78, 5) is 39.9. The largest absolute Gasteiger partial charge is 0.465 e. The van der Waals surface area contributed by atoms with Gasteiger partial charge in [-0.2, -0.15) is 4.98 Å². The number of hydrogen-bond acceptors (Lipinski definition) is 5. The van der Waals surface area contributed by atoms with Crippen LogP contribution in [-0.4, -0.2) is 28.5 Å². The van der Waals surface area contributed by atoms with Gasteiger partial charge in [-0.25, -0.2) is 9.59 Å². The second kappa shape index (κ2) is 7.08. The van der Waals surface area contributed by atoms with Crippen molar-refractivity contribution < 1.29 is 14.3 Å². The lowest BCUT2D eigenvalue weighted by Gasteiger charge is -2.17. The van der Waals surface area contributed by atoms with Gasteiger partial charge in [0.2, 0.25) is 5.91 Å². The van der Waals surface area contributed by atoms with Crippen molar-refractivity contribution in [1.29, 1.82) is 0 Å². The van der Waals surface area contributed by atoms with Gasteiger partial charge in [-0.15, -0.1) is 0 Å². The van der Waals surface area contributed by atoms with Gasteiger partial charge in [-0.05, 0) is 45.0 Å². The molecular weight excluding hydrogens is 310 g/mol. The maximum Gasteiger partial charge on any atom is 0.348 e. The third kappa shape index (κ3) is 3.68. The van der Waals surface area contributed by atoms with E-state index >= 15 is 0 Å². The third-order valence-electron chi connectivity index (χ3n) is 3.59. The van der Waals surface area contributed by atoms with Crippen molar-refractivity contribution in [3.63, 3.8) is 0 Å². The van der Waals surface area contributed by atoms with Gasteiger partial charge in [-0.3, -0.25) is 9.36 Å². The molecule has 1 unspecified atom stereocenters. The Morgan fingerprint density at radius 2 is 1.96 bits per heavy atom. The average molecular weight is 329 g/mol. The highest BCUT2D eigenvalue weighted by molar-refractivity contribution is 5.96. The molecule has 1 N–H and O–H groups in total. The normalized spacial score (nSPS) is 11.7. The van der Waals surface area contributed by atoms with Crippen LogP contribution in [0.1, 0.15) is 34.7 Å². The van der Waals surface area contributed by atoms with Gasteiger partial charge < -0.3 is 10.1 Å². The SMILES string of the molecule is COC(=O)c1cccc(NC(=O)C(C)n2c(C)cc(C)nc2=O)c1. The van der Waals surface area contributed by atoms with E-state index in [1.54, 1.807) is 45.0 Å². The second-order valence-corrected chi connectivity index (χ2v) is 5.43. The number of hydrogen-bond donors (Lipinski definition) is 1. The number of anilines is 1. The number of benzene rings is 1. The molecule has 2 aromatic rings. The number of aromatic nitrogens is 2. The van der Waals surface area contributed by atoms with Crippen LogP contribution in [0.4, 0.5) is 5.69 Å². The number of carbonyl (C=O) groups excluding carboxylic acids is 2. The van der Waals surface area contributed by atoms with Crippen LogP contribution in [0.3, 0.4) is 0 Å². The lowest BCUT2D eigenvalue weighted by Crippen LogP contribution is -2.34. The number of carbonyl (C=O) groups is 2. The van der Waals surface area contributed by atoms with Gasteiger partial charge in [-0.1, -0.05) is 6.07 Å². The summed E-state index contributed by atoms with van der Waals surface area (Å²) in [5.74, 6) is -0.873. The van der Waals surface area contributed by atoms with E-state index in [2.05, 4.69) is 15.0 Å². The molecule has 1 heterocycles. The Balaban J connectivity index is 2.24. The van der Waals surface area contributed by atoms with Crippen molar-refractivity contribution in [3.8, 4) is 0 Å². The van der Waals surface area contributed by atoms with E-state index in [0.717, 1.165) is 0 Å². The van der Waals surface area contributed by atoms with Crippen LogP contribution in [0.15, 0.2) is 35.1 Å². The molecule has 0 aliphatic carbocycles. The molecular formula is C17H19N3O4. The highest BCUT2D eigenvalue weighted by Gasteiger charge is 2.19. The third-order valence-corrected chi connectivity index (χ3v) is 3.59. The smallest absolute Gasteiger partial charge is 0.348 e. The van der Waals surface area contributed by atoms with E-state index in [-0.39, 0.29) is 5.91 Å². The zero-order valence-corrected chi connectivity index (χ0v) is 14.0. The molecule has 0 aliphatic heterocycles. The fourth-order valence-electron chi connectivity index (χ4n) is 2.44. The molecule has 0 aliphatic rings. The Kier molecular flexibility index (Phi) is 5.13. The zero-order chi connectivity index (χ0) is 17.9. The Morgan fingerprint density at radius 1 is 1.25 bits per heavy atom. The first-order valence-electron chi connectivity index (χ1n) is 7.39. The lowest BCUT2D eigenvalue weighted by atomic mass is 10.2. The first-order valence-corrected chi connectivity index (χ1v) is 7.39. The van der Waals surface area contributed by atoms with E-state index in [0.29, 0.717) is 22.6 Å². The monoisotopic (exact) mass is 329 g/mol. The molecule has 7 nitrogen and oxygen atoms in total. The van der Waals surface area contributed by atoms with Gasteiger partial charge >= 0.3 is 11.7 Å². The summed E-state index contributed by atoms with van der Waals surface area (Å²) in [6, 6.07) is 7.39. The maximum atomic E-state index is 12.4. The number of nitrogens with one attached hydrogen (secondary N) is 1. The number of aryl methyl sites for hydroxylation is 2. The molecule has 0 saturated heterocycles. The Morgan fingerprint density at radius 3 is 2.58 bits per heavy atom. The lowest BCUT2D eigenvalue weighted by molar-refractivity contribution is -0.118. The number of rotatable bonds is 4. The summed E-state index contributed by atoms with van der Waals surface area (Å²) in [7, 11) is 1.29. The van der Waals surface area contributed by atoms with E-state index in [4.69, 9.17) is 0 Å². The van der Waals surface area contributed by atoms with Crippen molar-refractivity contribution in [1.82, 2.24) is 9.55 Å². The average Bonchev–Trinajstić information content (AvgIpc) is 2.53. The summed E-state index contributed by atoms with van der Waals surface area (Å²) in [5, 5.41) is 2.69. The van der Waals surface area contributed by atoms with Crippen molar-refractivity contribution in [3.05, 3.63) is 57.8 Å². The minimum atomic E-state index is -0.743. The van der Waals surface area contributed by atoms with Crippen molar-refractivity contribution in [2.24, 2.45) is 0 Å². The summed E-state index contributed by atoms with van der Waals surface area (Å²) >= 11 is 0. The van der Waals surface area contributed by atoms with E-state index in [1.807, 2.05) is 0 Å². The van der Waals surface area contributed by atoms with Crippen LogP contribution >= 0.6 is 0 Å². The van der Waals surface area contributed by atoms with Crippen LogP contribution < -0.4 is 11.0 Å². The second-order valence-electron chi connectivity index (χ2n) is 5.43. The van der Waals surface area contributed by atoms with E-state index in [9.17, 15) is 14.4 Å². The van der Waals surface area contributed by atoms with E-state index < -0.39 is 17.7 Å². The molecule has 1 amide bonds. The van der Waals surface area contributed by atoms with E-state index in [1.165, 1.54) is 17.7 Å². The topological polar surface area (TPSA) is 90.3 Å². The first kappa shape index (κ1) is 17.4.